The van der Waals surface area contributed by atoms with Gasteiger partial charge >= 0.3 is 0 Å². The van der Waals surface area contributed by atoms with E-state index in [2.05, 4.69) is 33.4 Å². The van der Waals surface area contributed by atoms with Gasteiger partial charge in [0.2, 0.25) is 11.8 Å². The fourth-order valence-electron chi connectivity index (χ4n) is 3.68. The molecule has 140 valence electrons. The Hall–Kier alpha value is -2.34. The lowest BCUT2D eigenvalue weighted by Gasteiger charge is -2.19. The quantitative estimate of drug-likeness (QED) is 0.770. The van der Waals surface area contributed by atoms with Gasteiger partial charge in [-0.15, -0.1) is 0 Å². The molecule has 4 rings (SSSR count). The summed E-state index contributed by atoms with van der Waals surface area (Å²) in [7, 11) is 1.58. The van der Waals surface area contributed by atoms with Crippen molar-refractivity contribution in [3.8, 4) is 5.75 Å². The van der Waals surface area contributed by atoms with E-state index in [0.29, 0.717) is 24.4 Å². The lowest BCUT2D eigenvalue weighted by Crippen LogP contribution is -2.24. The second kappa shape index (κ2) is 7.35. The summed E-state index contributed by atoms with van der Waals surface area (Å²) in [4.78, 5) is 26.3. The minimum Gasteiger partial charge on any atom is -0.494 e. The van der Waals surface area contributed by atoms with Gasteiger partial charge in [-0.2, -0.15) is 0 Å². The number of carbonyl (C=O) groups is 2. The second-order valence-corrected chi connectivity index (χ2v) is 7.94. The van der Waals surface area contributed by atoms with Gasteiger partial charge in [0, 0.05) is 35.1 Å². The molecular weight excluding hydrogens is 408 g/mol. The summed E-state index contributed by atoms with van der Waals surface area (Å²) in [5.41, 5.74) is 2.64. The third-order valence-corrected chi connectivity index (χ3v) is 5.77. The molecule has 1 aliphatic heterocycles. The van der Waals surface area contributed by atoms with Crippen LogP contribution in [0.25, 0.3) is 0 Å². The molecule has 1 heterocycles. The molecule has 0 bridgehead atoms. The van der Waals surface area contributed by atoms with Gasteiger partial charge in [-0.05, 0) is 48.6 Å². The van der Waals surface area contributed by atoms with Gasteiger partial charge in [-0.25, -0.2) is 0 Å². The topological polar surface area (TPSA) is 58.6 Å². The predicted molar refractivity (Wildman–Crippen MR) is 108 cm³/mol. The molecule has 2 aromatic rings. The number of hydrogen-bond donors (Lipinski definition) is 1. The minimum atomic E-state index is -0.00277. The van der Waals surface area contributed by atoms with E-state index in [-0.39, 0.29) is 23.7 Å². The van der Waals surface area contributed by atoms with E-state index in [9.17, 15) is 9.59 Å². The average Bonchev–Trinajstić information content (AvgIpc) is 3.37. The number of benzene rings is 2. The zero-order chi connectivity index (χ0) is 19.0. The highest BCUT2D eigenvalue weighted by molar-refractivity contribution is 9.10. The first-order chi connectivity index (χ1) is 13.1. The normalized spacial score (nSPS) is 21.3. The highest BCUT2D eigenvalue weighted by Crippen LogP contribution is 2.48. The number of carbonyl (C=O) groups excluding carboxylic acids is 2. The second-order valence-electron chi connectivity index (χ2n) is 7.03. The molecule has 5 nitrogen and oxygen atoms in total. The first kappa shape index (κ1) is 18.0. The predicted octanol–water partition coefficient (Wildman–Crippen LogP) is 4.33. The van der Waals surface area contributed by atoms with E-state index in [4.69, 9.17) is 4.74 Å². The molecule has 2 unspecified atom stereocenters. The number of rotatable bonds is 5. The largest absolute Gasteiger partial charge is 0.494 e. The van der Waals surface area contributed by atoms with Gasteiger partial charge in [0.1, 0.15) is 5.75 Å². The van der Waals surface area contributed by atoms with Gasteiger partial charge in [0.25, 0.3) is 0 Å². The van der Waals surface area contributed by atoms with Gasteiger partial charge in [0.05, 0.1) is 12.8 Å². The van der Waals surface area contributed by atoms with E-state index in [1.165, 1.54) is 5.56 Å². The molecule has 2 amide bonds. The fraction of sp³-hybridized carbons (Fsp3) is 0.333. The molecule has 1 N–H and O–H groups in total. The van der Waals surface area contributed by atoms with Crippen molar-refractivity contribution in [3.05, 3.63) is 52.5 Å². The van der Waals surface area contributed by atoms with Crippen molar-refractivity contribution in [2.24, 2.45) is 5.92 Å². The van der Waals surface area contributed by atoms with Crippen molar-refractivity contribution in [2.75, 3.05) is 23.9 Å². The zero-order valence-corrected chi connectivity index (χ0v) is 16.7. The van der Waals surface area contributed by atoms with Crippen molar-refractivity contribution in [2.45, 2.75) is 25.2 Å². The average molecular weight is 429 g/mol. The van der Waals surface area contributed by atoms with Gasteiger partial charge in [-0.1, -0.05) is 28.1 Å². The Morgan fingerprint density at radius 1 is 1.22 bits per heavy atom. The van der Waals surface area contributed by atoms with Gasteiger partial charge in [0.15, 0.2) is 0 Å². The standard InChI is InChI=1S/C21H21BrN2O3/c1-27-19-11-15(8-9-18(19)24-10-2-3-20(24)25)23-21(26)17-12-16(17)13-4-6-14(22)7-5-13/h4-9,11,16-17H,2-3,10,12H2,1H3,(H,23,26). The van der Waals surface area contributed by atoms with Crippen molar-refractivity contribution in [1.82, 2.24) is 0 Å². The van der Waals surface area contributed by atoms with E-state index in [1.807, 2.05) is 24.3 Å². The summed E-state index contributed by atoms with van der Waals surface area (Å²) in [5, 5.41) is 2.99. The Morgan fingerprint density at radius 2 is 2.00 bits per heavy atom. The van der Waals surface area contributed by atoms with Gasteiger partial charge in [-0.3, -0.25) is 9.59 Å². The number of hydrogen-bond acceptors (Lipinski definition) is 3. The first-order valence-corrected chi connectivity index (χ1v) is 9.91. The first-order valence-electron chi connectivity index (χ1n) is 9.11. The van der Waals surface area contributed by atoms with Crippen LogP contribution in [0.2, 0.25) is 0 Å². The van der Waals surface area contributed by atoms with Crippen LogP contribution in [0.5, 0.6) is 5.75 Å². The molecule has 1 saturated carbocycles. The van der Waals surface area contributed by atoms with Crippen molar-refractivity contribution < 1.29 is 14.3 Å². The van der Waals surface area contributed by atoms with E-state index >= 15 is 0 Å². The Labute approximate surface area is 166 Å². The maximum absolute atomic E-state index is 12.6. The van der Waals surface area contributed by atoms with Crippen molar-refractivity contribution in [3.63, 3.8) is 0 Å². The zero-order valence-electron chi connectivity index (χ0n) is 15.1. The SMILES string of the molecule is COc1cc(NC(=O)C2CC2c2ccc(Br)cc2)ccc1N1CCCC1=O. The van der Waals surface area contributed by atoms with Crippen molar-refractivity contribution in [1.29, 1.82) is 0 Å². The van der Waals surface area contributed by atoms with Crippen LogP contribution in [0.3, 0.4) is 0 Å². The summed E-state index contributed by atoms with van der Waals surface area (Å²) in [5.74, 6) is 1.01. The summed E-state index contributed by atoms with van der Waals surface area (Å²) >= 11 is 3.44. The molecule has 2 aliphatic rings. The molecule has 27 heavy (non-hydrogen) atoms. The lowest BCUT2D eigenvalue weighted by molar-refractivity contribution is -0.118. The van der Waals surface area contributed by atoms with E-state index in [0.717, 1.165) is 23.0 Å². The molecule has 0 spiro atoms. The molecule has 0 radical (unpaired) electrons. The third kappa shape index (κ3) is 3.72. The maximum atomic E-state index is 12.6. The molecule has 1 saturated heterocycles. The maximum Gasteiger partial charge on any atom is 0.228 e. The smallest absolute Gasteiger partial charge is 0.228 e. The van der Waals surface area contributed by atoms with Crippen LogP contribution < -0.4 is 15.0 Å². The monoisotopic (exact) mass is 428 g/mol. The summed E-state index contributed by atoms with van der Waals surface area (Å²) in [6.45, 7) is 0.706. The lowest BCUT2D eigenvalue weighted by atomic mass is 10.1. The van der Waals surface area contributed by atoms with Crippen LogP contribution in [0.1, 0.15) is 30.7 Å². The molecule has 1 aliphatic carbocycles. The molecule has 2 fully saturated rings. The molecular formula is C21H21BrN2O3. The van der Waals surface area contributed by atoms with Crippen LogP contribution in [-0.4, -0.2) is 25.5 Å². The minimum absolute atomic E-state index is 0.00277. The molecule has 6 heteroatoms. The van der Waals surface area contributed by atoms with Gasteiger partial charge < -0.3 is 15.0 Å². The number of ether oxygens (including phenoxy) is 1. The fourth-order valence-corrected chi connectivity index (χ4v) is 3.94. The summed E-state index contributed by atoms with van der Waals surface area (Å²) in [6.07, 6.45) is 2.30. The summed E-state index contributed by atoms with van der Waals surface area (Å²) in [6, 6.07) is 13.6. The number of anilines is 2. The van der Waals surface area contributed by atoms with Crippen LogP contribution in [0, 0.1) is 5.92 Å². The number of methoxy groups -OCH3 is 1. The number of halogens is 1. The van der Waals surface area contributed by atoms with Crippen molar-refractivity contribution >= 4 is 39.1 Å². The molecule has 0 aromatic heterocycles. The third-order valence-electron chi connectivity index (χ3n) is 5.24. The Morgan fingerprint density at radius 3 is 2.67 bits per heavy atom. The van der Waals surface area contributed by atoms with Crippen LogP contribution in [-0.2, 0) is 9.59 Å². The van der Waals surface area contributed by atoms with Crippen LogP contribution in [0.4, 0.5) is 11.4 Å². The van der Waals surface area contributed by atoms with Crippen LogP contribution in [0.15, 0.2) is 46.9 Å². The van der Waals surface area contributed by atoms with Crippen LogP contribution >= 0.6 is 15.9 Å². The highest BCUT2D eigenvalue weighted by Gasteiger charge is 2.43. The summed E-state index contributed by atoms with van der Waals surface area (Å²) < 4.78 is 6.49. The Kier molecular flexibility index (Phi) is 4.91. The Bertz CT molecular complexity index is 881. The number of nitrogens with one attached hydrogen (secondary N) is 1. The number of nitrogens with zero attached hydrogens (tertiary/aromatic N) is 1. The Balaban J connectivity index is 1.44. The number of amides is 2. The van der Waals surface area contributed by atoms with E-state index in [1.54, 1.807) is 18.1 Å². The van der Waals surface area contributed by atoms with E-state index < -0.39 is 0 Å². The molecule has 2 atom stereocenters. The highest BCUT2D eigenvalue weighted by atomic mass is 79.9. The molecule has 2 aromatic carbocycles.